The van der Waals surface area contributed by atoms with E-state index in [0.29, 0.717) is 11.4 Å². The van der Waals surface area contributed by atoms with Crippen molar-refractivity contribution >= 4 is 33.0 Å². The van der Waals surface area contributed by atoms with E-state index < -0.39 is 10.0 Å². The topological polar surface area (TPSA) is 76.3 Å². The number of pyridine rings is 1. The molecule has 0 fully saturated rings. The predicted molar refractivity (Wildman–Crippen MR) is 82.2 cm³/mol. The number of hydrogen-bond acceptors (Lipinski definition) is 4. The van der Waals surface area contributed by atoms with Gasteiger partial charge in [0.2, 0.25) is 0 Å². The van der Waals surface area contributed by atoms with E-state index in [-0.39, 0.29) is 9.88 Å². The molecule has 0 unspecified atom stereocenters. The summed E-state index contributed by atoms with van der Waals surface area (Å²) in [5.41, 5.74) is 5.91. The zero-order valence-corrected chi connectivity index (χ0v) is 12.4. The van der Waals surface area contributed by atoms with Gasteiger partial charge in [-0.2, -0.15) is 0 Å². The third kappa shape index (κ3) is 2.63. The second kappa shape index (κ2) is 5.56. The average molecular weight is 307 g/mol. The summed E-state index contributed by atoms with van der Waals surface area (Å²) in [6.07, 6.45) is 1.53. The SMILES string of the molecule is CN(c1ccccn1)S(=O)(=O)c1ccccc1C(N)=S. The zero-order valence-electron chi connectivity index (χ0n) is 10.7. The molecule has 0 bridgehead atoms. The highest BCUT2D eigenvalue weighted by Gasteiger charge is 2.25. The highest BCUT2D eigenvalue weighted by Crippen LogP contribution is 2.22. The van der Waals surface area contributed by atoms with E-state index in [4.69, 9.17) is 18.0 Å². The second-order valence-corrected chi connectivity index (χ2v) is 6.40. The highest BCUT2D eigenvalue weighted by atomic mass is 32.2. The fourth-order valence-electron chi connectivity index (χ4n) is 1.71. The van der Waals surface area contributed by atoms with Crippen molar-refractivity contribution in [2.75, 3.05) is 11.4 Å². The van der Waals surface area contributed by atoms with Crippen LogP contribution in [-0.2, 0) is 10.0 Å². The van der Waals surface area contributed by atoms with Gasteiger partial charge in [0.05, 0.1) is 4.90 Å². The Kier molecular flexibility index (Phi) is 4.01. The van der Waals surface area contributed by atoms with Crippen molar-refractivity contribution in [1.29, 1.82) is 0 Å². The van der Waals surface area contributed by atoms with Gasteiger partial charge in [0.1, 0.15) is 10.8 Å². The van der Waals surface area contributed by atoms with Crippen LogP contribution in [0.4, 0.5) is 5.82 Å². The Labute approximate surface area is 123 Å². The van der Waals surface area contributed by atoms with Gasteiger partial charge in [-0.1, -0.05) is 36.5 Å². The predicted octanol–water partition coefficient (Wildman–Crippen LogP) is 1.54. The first-order chi connectivity index (χ1) is 9.44. The van der Waals surface area contributed by atoms with E-state index in [0.717, 1.165) is 4.31 Å². The van der Waals surface area contributed by atoms with E-state index in [1.807, 2.05) is 0 Å². The van der Waals surface area contributed by atoms with Crippen LogP contribution in [0.25, 0.3) is 0 Å². The second-order valence-electron chi connectivity index (χ2n) is 4.02. The number of thiocarbonyl (C=S) groups is 1. The average Bonchev–Trinajstić information content (AvgIpc) is 2.47. The number of nitrogens with zero attached hydrogens (tertiary/aromatic N) is 2. The fraction of sp³-hybridized carbons (Fsp3) is 0.0769. The van der Waals surface area contributed by atoms with Gasteiger partial charge in [-0.25, -0.2) is 13.4 Å². The summed E-state index contributed by atoms with van der Waals surface area (Å²) in [5, 5.41) is 0. The number of aromatic nitrogens is 1. The van der Waals surface area contributed by atoms with Gasteiger partial charge in [0.25, 0.3) is 10.0 Å². The Morgan fingerprint density at radius 1 is 1.20 bits per heavy atom. The molecule has 0 radical (unpaired) electrons. The quantitative estimate of drug-likeness (QED) is 0.867. The van der Waals surface area contributed by atoms with Crippen molar-refractivity contribution in [2.45, 2.75) is 4.90 Å². The van der Waals surface area contributed by atoms with Crippen molar-refractivity contribution in [3.05, 3.63) is 54.2 Å². The molecule has 0 saturated carbocycles. The minimum Gasteiger partial charge on any atom is -0.389 e. The van der Waals surface area contributed by atoms with E-state index in [9.17, 15) is 8.42 Å². The lowest BCUT2D eigenvalue weighted by molar-refractivity contribution is 0.594. The van der Waals surface area contributed by atoms with Crippen LogP contribution in [0.2, 0.25) is 0 Å². The first-order valence-corrected chi connectivity index (χ1v) is 7.58. The van der Waals surface area contributed by atoms with Crippen LogP contribution < -0.4 is 10.0 Å². The minimum atomic E-state index is -3.76. The molecule has 2 rings (SSSR count). The van der Waals surface area contributed by atoms with Crippen LogP contribution in [0, 0.1) is 0 Å². The molecule has 104 valence electrons. The van der Waals surface area contributed by atoms with E-state index in [1.165, 1.54) is 19.3 Å². The summed E-state index contributed by atoms with van der Waals surface area (Å²) >= 11 is 4.90. The van der Waals surface area contributed by atoms with Gasteiger partial charge in [-0.05, 0) is 18.2 Å². The smallest absolute Gasteiger partial charge is 0.265 e. The highest BCUT2D eigenvalue weighted by molar-refractivity contribution is 7.93. The maximum Gasteiger partial charge on any atom is 0.265 e. The normalized spacial score (nSPS) is 11.1. The first-order valence-electron chi connectivity index (χ1n) is 5.73. The van der Waals surface area contributed by atoms with Gasteiger partial charge in [-0.15, -0.1) is 0 Å². The van der Waals surface area contributed by atoms with Crippen LogP contribution in [0.5, 0.6) is 0 Å². The lowest BCUT2D eigenvalue weighted by Gasteiger charge is -2.19. The molecular weight excluding hydrogens is 294 g/mol. The molecule has 1 aromatic heterocycles. The van der Waals surface area contributed by atoms with Crippen molar-refractivity contribution in [3.8, 4) is 0 Å². The molecule has 0 aliphatic carbocycles. The van der Waals surface area contributed by atoms with Gasteiger partial charge in [0, 0.05) is 18.8 Å². The molecule has 0 aliphatic rings. The van der Waals surface area contributed by atoms with E-state index in [1.54, 1.807) is 36.4 Å². The largest absolute Gasteiger partial charge is 0.389 e. The van der Waals surface area contributed by atoms with Gasteiger partial charge >= 0.3 is 0 Å². The molecule has 1 aromatic carbocycles. The number of hydrogen-bond donors (Lipinski definition) is 1. The molecule has 0 atom stereocenters. The van der Waals surface area contributed by atoms with Crippen molar-refractivity contribution in [1.82, 2.24) is 4.98 Å². The summed E-state index contributed by atoms with van der Waals surface area (Å²) in [5.74, 6) is 0.324. The van der Waals surface area contributed by atoms with Crippen LogP contribution >= 0.6 is 12.2 Å². The minimum absolute atomic E-state index is 0.0404. The van der Waals surface area contributed by atoms with Crippen LogP contribution in [-0.4, -0.2) is 25.4 Å². The third-order valence-corrected chi connectivity index (χ3v) is 4.80. The molecule has 0 spiro atoms. The van der Waals surface area contributed by atoms with E-state index in [2.05, 4.69) is 4.98 Å². The number of rotatable bonds is 4. The summed E-state index contributed by atoms with van der Waals surface area (Å²) in [6.45, 7) is 0. The van der Waals surface area contributed by atoms with Crippen molar-refractivity contribution in [3.63, 3.8) is 0 Å². The summed E-state index contributed by atoms with van der Waals surface area (Å²) in [4.78, 5) is 4.14. The maximum atomic E-state index is 12.6. The summed E-state index contributed by atoms with van der Waals surface area (Å²) < 4.78 is 26.4. The van der Waals surface area contributed by atoms with Crippen LogP contribution in [0.3, 0.4) is 0 Å². The molecule has 0 amide bonds. The molecule has 2 N–H and O–H groups in total. The first kappa shape index (κ1) is 14.4. The number of anilines is 1. The lowest BCUT2D eigenvalue weighted by Crippen LogP contribution is -2.29. The molecule has 0 saturated heterocycles. The number of benzene rings is 1. The molecule has 1 heterocycles. The van der Waals surface area contributed by atoms with Gasteiger partial charge in [0.15, 0.2) is 0 Å². The Morgan fingerprint density at radius 3 is 2.45 bits per heavy atom. The van der Waals surface area contributed by atoms with Gasteiger partial charge in [-0.3, -0.25) is 4.31 Å². The molecular formula is C13H13N3O2S2. The Hall–Kier alpha value is -1.99. The summed E-state index contributed by atoms with van der Waals surface area (Å²) in [6, 6.07) is 11.4. The third-order valence-electron chi connectivity index (χ3n) is 2.76. The fourth-order valence-corrected chi connectivity index (χ4v) is 3.30. The van der Waals surface area contributed by atoms with Crippen molar-refractivity contribution < 1.29 is 8.42 Å². The molecule has 2 aromatic rings. The van der Waals surface area contributed by atoms with Crippen LogP contribution in [0.1, 0.15) is 5.56 Å². The Bertz CT molecular complexity index is 730. The van der Waals surface area contributed by atoms with Crippen LogP contribution in [0.15, 0.2) is 53.6 Å². The molecule has 5 nitrogen and oxygen atoms in total. The van der Waals surface area contributed by atoms with Crippen molar-refractivity contribution in [2.24, 2.45) is 5.73 Å². The Morgan fingerprint density at radius 2 is 1.85 bits per heavy atom. The Balaban J connectivity index is 2.54. The number of sulfonamides is 1. The van der Waals surface area contributed by atoms with Gasteiger partial charge < -0.3 is 5.73 Å². The molecule has 20 heavy (non-hydrogen) atoms. The monoisotopic (exact) mass is 307 g/mol. The number of nitrogens with two attached hydrogens (primary N) is 1. The molecule has 0 aliphatic heterocycles. The molecule has 7 heteroatoms. The zero-order chi connectivity index (χ0) is 14.8. The lowest BCUT2D eigenvalue weighted by atomic mass is 10.2. The maximum absolute atomic E-state index is 12.6. The summed E-state index contributed by atoms with van der Waals surface area (Å²) in [7, 11) is -2.33. The van der Waals surface area contributed by atoms with E-state index >= 15 is 0 Å². The standard InChI is InChI=1S/C13H13N3O2S2/c1-16(12-8-4-5-9-15-12)20(17,18)11-7-3-2-6-10(11)13(14)19/h2-9H,1H3,(H2,14,19).